The van der Waals surface area contributed by atoms with E-state index in [1.165, 1.54) is 4.88 Å². The second-order valence-corrected chi connectivity index (χ2v) is 7.12. The van der Waals surface area contributed by atoms with Crippen LogP contribution in [-0.2, 0) is 0 Å². The van der Waals surface area contributed by atoms with Gasteiger partial charge in [-0.05, 0) is 45.0 Å². The minimum Gasteiger partial charge on any atom is -0.309 e. The van der Waals surface area contributed by atoms with Crippen LogP contribution in [0.2, 0.25) is 5.02 Å². The summed E-state index contributed by atoms with van der Waals surface area (Å²) in [4.78, 5) is 5.97. The second-order valence-electron chi connectivity index (χ2n) is 4.77. The van der Waals surface area contributed by atoms with E-state index < -0.39 is 0 Å². The fraction of sp³-hybridized carbons (Fsp3) is 0.400. The van der Waals surface area contributed by atoms with Gasteiger partial charge in [0.15, 0.2) is 0 Å². The van der Waals surface area contributed by atoms with Crippen LogP contribution in [0.1, 0.15) is 36.9 Å². The number of rotatable bonds is 5. The van der Waals surface area contributed by atoms with E-state index in [0.717, 1.165) is 38.7 Å². The van der Waals surface area contributed by atoms with Crippen LogP contribution in [0.15, 0.2) is 22.7 Å². The van der Waals surface area contributed by atoms with Crippen molar-refractivity contribution in [2.24, 2.45) is 0 Å². The minimum atomic E-state index is 0.326. The van der Waals surface area contributed by atoms with Crippen molar-refractivity contribution in [3.8, 4) is 10.6 Å². The highest BCUT2D eigenvalue weighted by atomic mass is 79.9. The molecular weight excluding hydrogens is 356 g/mol. The molecule has 1 unspecified atom stereocenters. The maximum absolute atomic E-state index is 6.29. The third-order valence-electron chi connectivity index (χ3n) is 3.09. The highest BCUT2D eigenvalue weighted by molar-refractivity contribution is 9.10. The van der Waals surface area contributed by atoms with Crippen molar-refractivity contribution in [2.75, 3.05) is 6.54 Å². The molecule has 0 amide bonds. The predicted molar refractivity (Wildman–Crippen MR) is 91.7 cm³/mol. The van der Waals surface area contributed by atoms with Crippen LogP contribution in [0.4, 0.5) is 0 Å². The van der Waals surface area contributed by atoms with Gasteiger partial charge in [0, 0.05) is 21.0 Å². The molecule has 1 aromatic heterocycles. The normalized spacial score (nSPS) is 12.7. The van der Waals surface area contributed by atoms with Gasteiger partial charge in [-0.1, -0.05) is 34.5 Å². The summed E-state index contributed by atoms with van der Waals surface area (Å²) in [6.07, 6.45) is 1.13. The molecule has 1 N–H and O–H groups in total. The summed E-state index contributed by atoms with van der Waals surface area (Å²) in [5, 5.41) is 5.23. The van der Waals surface area contributed by atoms with E-state index in [0.29, 0.717) is 6.04 Å². The topological polar surface area (TPSA) is 24.9 Å². The van der Waals surface area contributed by atoms with Crippen LogP contribution in [0.25, 0.3) is 10.6 Å². The lowest BCUT2D eigenvalue weighted by molar-refractivity contribution is 0.575. The number of benzene rings is 1. The Morgan fingerprint density at radius 2 is 2.20 bits per heavy atom. The fourth-order valence-electron chi connectivity index (χ4n) is 2.04. The van der Waals surface area contributed by atoms with E-state index in [9.17, 15) is 0 Å². The van der Waals surface area contributed by atoms with Crippen molar-refractivity contribution in [1.82, 2.24) is 10.3 Å². The van der Waals surface area contributed by atoms with E-state index in [-0.39, 0.29) is 0 Å². The molecular formula is C15H18BrClN2S. The quantitative estimate of drug-likeness (QED) is 0.738. The zero-order valence-corrected chi connectivity index (χ0v) is 15.0. The number of halogens is 2. The Balaban J connectivity index is 2.33. The Labute approximate surface area is 137 Å². The molecule has 1 heterocycles. The lowest BCUT2D eigenvalue weighted by Gasteiger charge is -2.11. The molecule has 0 aliphatic rings. The highest BCUT2D eigenvalue weighted by Gasteiger charge is 2.16. The van der Waals surface area contributed by atoms with Gasteiger partial charge in [-0.3, -0.25) is 0 Å². The minimum absolute atomic E-state index is 0.326. The van der Waals surface area contributed by atoms with Crippen LogP contribution >= 0.6 is 38.9 Å². The molecule has 0 aliphatic carbocycles. The van der Waals surface area contributed by atoms with Crippen LogP contribution in [0.3, 0.4) is 0 Å². The Hall–Kier alpha value is -0.420. The summed E-state index contributed by atoms with van der Waals surface area (Å²) in [5.74, 6) is 0. The Morgan fingerprint density at radius 1 is 1.45 bits per heavy atom. The van der Waals surface area contributed by atoms with Gasteiger partial charge in [-0.2, -0.15) is 0 Å². The number of thiazole rings is 1. The summed E-state index contributed by atoms with van der Waals surface area (Å²) in [6, 6.07) is 6.19. The van der Waals surface area contributed by atoms with Gasteiger partial charge >= 0.3 is 0 Å². The molecule has 1 atom stereocenters. The van der Waals surface area contributed by atoms with Crippen LogP contribution in [0, 0.1) is 6.92 Å². The molecule has 0 fully saturated rings. The predicted octanol–water partition coefficient (Wildman–Crippen LogP) is 5.60. The third kappa shape index (κ3) is 3.61. The van der Waals surface area contributed by atoms with E-state index >= 15 is 0 Å². The summed E-state index contributed by atoms with van der Waals surface area (Å²) in [6.45, 7) is 7.44. The molecule has 2 nitrogen and oxygen atoms in total. The van der Waals surface area contributed by atoms with Gasteiger partial charge in [-0.15, -0.1) is 11.3 Å². The number of aromatic nitrogens is 1. The molecule has 0 saturated carbocycles. The van der Waals surface area contributed by atoms with Crippen molar-refractivity contribution in [1.29, 1.82) is 0 Å². The Kier molecular flexibility index (Phi) is 5.61. The van der Waals surface area contributed by atoms with E-state index in [1.54, 1.807) is 11.3 Å². The van der Waals surface area contributed by atoms with Crippen LogP contribution in [-0.4, -0.2) is 11.5 Å². The Morgan fingerprint density at radius 3 is 2.90 bits per heavy atom. The lowest BCUT2D eigenvalue weighted by atomic mass is 10.2. The molecule has 0 radical (unpaired) electrons. The first-order valence-electron chi connectivity index (χ1n) is 6.69. The van der Waals surface area contributed by atoms with Gasteiger partial charge in [0.2, 0.25) is 0 Å². The zero-order valence-electron chi connectivity index (χ0n) is 11.8. The van der Waals surface area contributed by atoms with Gasteiger partial charge in [0.1, 0.15) is 5.01 Å². The van der Waals surface area contributed by atoms with Crippen molar-refractivity contribution >= 4 is 38.9 Å². The molecule has 0 spiro atoms. The molecule has 1 aromatic carbocycles. The van der Waals surface area contributed by atoms with E-state index in [4.69, 9.17) is 11.6 Å². The van der Waals surface area contributed by atoms with Gasteiger partial charge < -0.3 is 5.32 Å². The zero-order chi connectivity index (χ0) is 14.7. The first kappa shape index (κ1) is 16.0. The summed E-state index contributed by atoms with van der Waals surface area (Å²) in [5.41, 5.74) is 2.07. The van der Waals surface area contributed by atoms with Crippen molar-refractivity contribution in [3.05, 3.63) is 38.3 Å². The van der Waals surface area contributed by atoms with Gasteiger partial charge in [-0.25, -0.2) is 4.98 Å². The molecule has 0 saturated heterocycles. The van der Waals surface area contributed by atoms with Crippen LogP contribution < -0.4 is 5.32 Å². The molecule has 5 heteroatoms. The molecule has 2 aromatic rings. The van der Waals surface area contributed by atoms with Crippen molar-refractivity contribution < 1.29 is 0 Å². The average Bonchev–Trinajstić information content (AvgIpc) is 2.80. The maximum Gasteiger partial charge on any atom is 0.125 e. The third-order valence-corrected chi connectivity index (χ3v) is 5.28. The van der Waals surface area contributed by atoms with Gasteiger partial charge in [0.25, 0.3) is 0 Å². The number of nitrogens with zero attached hydrogens (tertiary/aromatic N) is 1. The first-order valence-corrected chi connectivity index (χ1v) is 8.67. The largest absolute Gasteiger partial charge is 0.309 e. The molecule has 108 valence electrons. The van der Waals surface area contributed by atoms with E-state index in [1.807, 2.05) is 18.2 Å². The number of hydrogen-bond donors (Lipinski definition) is 1. The van der Waals surface area contributed by atoms with Gasteiger partial charge in [0.05, 0.1) is 10.7 Å². The lowest BCUT2D eigenvalue weighted by Crippen LogP contribution is -2.18. The molecule has 0 aliphatic heterocycles. The molecule has 2 rings (SSSR count). The monoisotopic (exact) mass is 372 g/mol. The number of nitrogens with one attached hydrogen (secondary N) is 1. The summed E-state index contributed by atoms with van der Waals surface area (Å²) < 4.78 is 1.02. The maximum atomic E-state index is 6.29. The number of aryl methyl sites for hydroxylation is 1. The Bertz CT molecular complexity index is 598. The summed E-state index contributed by atoms with van der Waals surface area (Å²) in [7, 11) is 0. The SMILES string of the molecule is CCCNC(C)c1sc(-c2cc(Br)ccc2Cl)nc1C. The average molecular weight is 374 g/mol. The van der Waals surface area contributed by atoms with E-state index in [2.05, 4.69) is 47.0 Å². The molecule has 20 heavy (non-hydrogen) atoms. The highest BCUT2D eigenvalue weighted by Crippen LogP contribution is 2.36. The second kappa shape index (κ2) is 7.03. The van der Waals surface area contributed by atoms with Crippen molar-refractivity contribution in [3.63, 3.8) is 0 Å². The first-order chi connectivity index (χ1) is 9.52. The van der Waals surface area contributed by atoms with Crippen LogP contribution in [0.5, 0.6) is 0 Å². The smallest absolute Gasteiger partial charge is 0.125 e. The summed E-state index contributed by atoms with van der Waals surface area (Å²) >= 11 is 11.5. The van der Waals surface area contributed by atoms with Crippen molar-refractivity contribution in [2.45, 2.75) is 33.2 Å². The number of hydrogen-bond acceptors (Lipinski definition) is 3. The fourth-order valence-corrected chi connectivity index (χ4v) is 3.79. The molecule has 0 bridgehead atoms. The standard InChI is InChI=1S/C15H18BrClN2S/c1-4-7-18-9(2)14-10(3)19-15(20-14)12-8-11(16)5-6-13(12)17/h5-6,8-9,18H,4,7H2,1-3H3.